The Morgan fingerprint density at radius 1 is 1.24 bits per heavy atom. The molecule has 33 heavy (non-hydrogen) atoms. The number of esters is 1. The molecule has 0 saturated heterocycles. The number of nitrogens with zero attached hydrogens (tertiary/aromatic N) is 1. The third-order valence-corrected chi connectivity index (χ3v) is 6.52. The molecule has 2 N–H and O–H groups in total. The van der Waals surface area contributed by atoms with Crippen LogP contribution in [-0.2, 0) is 30.2 Å². The van der Waals surface area contributed by atoms with Gasteiger partial charge in [-0.3, -0.25) is 9.69 Å². The standard InChI is InChI=1S/C23H34Cl2N2O6/c1-4-27(3)13-31-14-33-21-17(24)12-16(20(28)19(21)25)22(29)26-18(23(30)32-5-2)11-15-9-7-6-8-10-15/h6-10,16-21,28H,4-5,11-14H2,1-3H3,(H,26,29)/t16?,17?,18-,19?,20?,21?/m0/s1. The van der Waals surface area contributed by atoms with Crippen LogP contribution in [0.5, 0.6) is 0 Å². The van der Waals surface area contributed by atoms with Gasteiger partial charge in [-0.15, -0.1) is 23.2 Å². The maximum atomic E-state index is 13.0. The van der Waals surface area contributed by atoms with Crippen molar-refractivity contribution in [3.63, 3.8) is 0 Å². The van der Waals surface area contributed by atoms with Crippen LogP contribution in [0.2, 0.25) is 0 Å². The van der Waals surface area contributed by atoms with E-state index in [1.54, 1.807) is 6.92 Å². The predicted octanol–water partition coefficient (Wildman–Crippen LogP) is 2.14. The van der Waals surface area contributed by atoms with Crippen molar-refractivity contribution < 1.29 is 28.9 Å². The van der Waals surface area contributed by atoms with Gasteiger partial charge < -0.3 is 24.6 Å². The molecule has 1 fully saturated rings. The second-order valence-corrected chi connectivity index (χ2v) is 9.12. The number of aliphatic hydroxyl groups excluding tert-OH is 1. The fourth-order valence-electron chi connectivity index (χ4n) is 3.57. The number of amides is 1. The molecule has 1 aromatic rings. The summed E-state index contributed by atoms with van der Waals surface area (Å²) >= 11 is 12.9. The lowest BCUT2D eigenvalue weighted by molar-refractivity contribution is -0.151. The monoisotopic (exact) mass is 504 g/mol. The molecule has 6 atom stereocenters. The third-order valence-electron chi connectivity index (χ3n) is 5.59. The van der Waals surface area contributed by atoms with Crippen LogP contribution in [0.15, 0.2) is 30.3 Å². The van der Waals surface area contributed by atoms with E-state index in [1.165, 1.54) is 0 Å². The molecule has 5 unspecified atom stereocenters. The Morgan fingerprint density at radius 3 is 2.58 bits per heavy atom. The van der Waals surface area contributed by atoms with Gasteiger partial charge in [0, 0.05) is 6.42 Å². The first-order valence-corrected chi connectivity index (χ1v) is 12.0. The minimum atomic E-state index is -1.20. The lowest BCUT2D eigenvalue weighted by Gasteiger charge is -2.39. The lowest BCUT2D eigenvalue weighted by atomic mass is 9.83. The quantitative estimate of drug-likeness (QED) is 0.195. The number of rotatable bonds is 12. The number of halogens is 2. The number of carbonyl (C=O) groups excluding carboxylic acids is 2. The molecule has 186 valence electrons. The van der Waals surface area contributed by atoms with Crippen molar-refractivity contribution in [3.8, 4) is 0 Å². The molecule has 8 nitrogen and oxygen atoms in total. The number of hydrogen-bond donors (Lipinski definition) is 2. The number of aliphatic hydroxyl groups is 1. The van der Waals surface area contributed by atoms with Crippen molar-refractivity contribution in [3.05, 3.63) is 35.9 Å². The van der Waals surface area contributed by atoms with Gasteiger partial charge in [-0.25, -0.2) is 4.79 Å². The molecule has 0 aromatic heterocycles. The zero-order chi connectivity index (χ0) is 24.4. The van der Waals surface area contributed by atoms with Crippen molar-refractivity contribution in [2.45, 2.75) is 55.7 Å². The highest BCUT2D eigenvalue weighted by molar-refractivity contribution is 6.25. The minimum Gasteiger partial charge on any atom is -0.464 e. The van der Waals surface area contributed by atoms with Crippen molar-refractivity contribution in [1.29, 1.82) is 0 Å². The van der Waals surface area contributed by atoms with Gasteiger partial charge in [0.05, 0.1) is 35.5 Å². The summed E-state index contributed by atoms with van der Waals surface area (Å²) in [7, 11) is 1.91. The Balaban J connectivity index is 1.99. The van der Waals surface area contributed by atoms with Gasteiger partial charge >= 0.3 is 5.97 Å². The van der Waals surface area contributed by atoms with Crippen molar-refractivity contribution in [2.75, 3.05) is 33.7 Å². The van der Waals surface area contributed by atoms with Gasteiger partial charge in [0.1, 0.15) is 19.6 Å². The highest BCUT2D eigenvalue weighted by Gasteiger charge is 2.46. The van der Waals surface area contributed by atoms with Crippen LogP contribution in [0.25, 0.3) is 0 Å². The summed E-state index contributed by atoms with van der Waals surface area (Å²) in [6.45, 7) is 5.06. The van der Waals surface area contributed by atoms with Crippen LogP contribution in [0.1, 0.15) is 25.8 Å². The fraction of sp³-hybridized carbons (Fsp3) is 0.652. The third kappa shape index (κ3) is 8.38. The molecule has 1 saturated carbocycles. The van der Waals surface area contributed by atoms with E-state index >= 15 is 0 Å². The van der Waals surface area contributed by atoms with Crippen LogP contribution in [0, 0.1) is 5.92 Å². The van der Waals surface area contributed by atoms with Crippen molar-refractivity contribution in [2.24, 2.45) is 5.92 Å². The normalized spacial score (nSPS) is 26.1. The summed E-state index contributed by atoms with van der Waals surface area (Å²) in [4.78, 5) is 27.4. The Hall–Kier alpha value is -1.42. The zero-order valence-electron chi connectivity index (χ0n) is 19.3. The van der Waals surface area contributed by atoms with Gasteiger partial charge in [-0.1, -0.05) is 37.3 Å². The van der Waals surface area contributed by atoms with Crippen LogP contribution in [-0.4, -0.2) is 84.6 Å². The van der Waals surface area contributed by atoms with E-state index < -0.39 is 46.8 Å². The number of benzene rings is 1. The largest absolute Gasteiger partial charge is 0.464 e. The molecule has 1 aliphatic carbocycles. The van der Waals surface area contributed by atoms with E-state index in [4.69, 9.17) is 37.4 Å². The van der Waals surface area contributed by atoms with Crippen molar-refractivity contribution in [1.82, 2.24) is 10.2 Å². The molecule has 0 heterocycles. The average molecular weight is 505 g/mol. The molecule has 1 aromatic carbocycles. The Kier molecular flexibility index (Phi) is 11.9. The molecule has 1 amide bonds. The van der Waals surface area contributed by atoms with Crippen LogP contribution >= 0.6 is 23.2 Å². The number of hydrogen-bond acceptors (Lipinski definition) is 7. The molecule has 0 bridgehead atoms. The highest BCUT2D eigenvalue weighted by Crippen LogP contribution is 2.34. The summed E-state index contributed by atoms with van der Waals surface area (Å²) in [5, 5.41) is 11.9. The molecule has 0 spiro atoms. The fourth-order valence-corrected chi connectivity index (χ4v) is 4.49. The molecule has 0 aliphatic heterocycles. The summed E-state index contributed by atoms with van der Waals surface area (Å²) in [5.74, 6) is -1.94. The maximum Gasteiger partial charge on any atom is 0.328 e. The van der Waals surface area contributed by atoms with E-state index in [0.717, 1.165) is 12.1 Å². The first-order chi connectivity index (χ1) is 15.8. The van der Waals surface area contributed by atoms with E-state index in [9.17, 15) is 14.7 Å². The average Bonchev–Trinajstić information content (AvgIpc) is 2.80. The van der Waals surface area contributed by atoms with Crippen LogP contribution < -0.4 is 5.32 Å². The van der Waals surface area contributed by atoms with Crippen LogP contribution in [0.4, 0.5) is 0 Å². The molecule has 2 rings (SSSR count). The first kappa shape index (κ1) is 27.8. The van der Waals surface area contributed by atoms with Gasteiger partial charge in [-0.2, -0.15) is 0 Å². The molecule has 10 heteroatoms. The molecular formula is C23H34Cl2N2O6. The number of carbonyl (C=O) groups is 2. The smallest absolute Gasteiger partial charge is 0.328 e. The second-order valence-electron chi connectivity index (χ2n) is 8.05. The number of alkyl halides is 2. The first-order valence-electron chi connectivity index (χ1n) is 11.1. The maximum absolute atomic E-state index is 13.0. The van der Waals surface area contributed by atoms with Crippen LogP contribution in [0.3, 0.4) is 0 Å². The SMILES string of the molecule is CCOC(=O)[C@H](Cc1ccccc1)NC(=O)C1CC(Cl)C(OCOCN(C)CC)C(Cl)C1O. The lowest BCUT2D eigenvalue weighted by Crippen LogP contribution is -2.56. The number of nitrogens with one attached hydrogen (secondary N) is 1. The molecule has 0 radical (unpaired) electrons. The van der Waals surface area contributed by atoms with Crippen molar-refractivity contribution >= 4 is 35.1 Å². The minimum absolute atomic E-state index is 0.0347. The molecule has 1 aliphatic rings. The van der Waals surface area contributed by atoms with E-state index in [0.29, 0.717) is 6.73 Å². The summed E-state index contributed by atoms with van der Waals surface area (Å²) in [6, 6.07) is 8.40. The Labute approximate surface area is 205 Å². The Bertz CT molecular complexity index is 741. The van der Waals surface area contributed by atoms with E-state index in [2.05, 4.69) is 5.32 Å². The molecular weight excluding hydrogens is 471 g/mol. The topological polar surface area (TPSA) is 97.3 Å². The predicted molar refractivity (Wildman–Crippen MR) is 126 cm³/mol. The van der Waals surface area contributed by atoms with E-state index in [1.807, 2.05) is 49.2 Å². The Morgan fingerprint density at radius 2 is 1.94 bits per heavy atom. The highest BCUT2D eigenvalue weighted by atomic mass is 35.5. The summed E-state index contributed by atoms with van der Waals surface area (Å²) in [5.41, 5.74) is 0.868. The summed E-state index contributed by atoms with van der Waals surface area (Å²) in [6.07, 6.45) is -1.50. The van der Waals surface area contributed by atoms with Gasteiger partial charge in [-0.05, 0) is 32.5 Å². The van der Waals surface area contributed by atoms with Gasteiger partial charge in [0.2, 0.25) is 5.91 Å². The van der Waals surface area contributed by atoms with Gasteiger partial charge in [0.15, 0.2) is 0 Å². The zero-order valence-corrected chi connectivity index (χ0v) is 20.8. The second kappa shape index (κ2) is 14.1. The van der Waals surface area contributed by atoms with E-state index in [-0.39, 0.29) is 26.2 Å². The van der Waals surface area contributed by atoms with Gasteiger partial charge in [0.25, 0.3) is 0 Å². The summed E-state index contributed by atoms with van der Waals surface area (Å²) < 4.78 is 16.2. The number of ether oxygens (including phenoxy) is 3.